The zero-order chi connectivity index (χ0) is 26.4. The molecule has 9 heteroatoms. The van der Waals surface area contributed by atoms with E-state index in [0.29, 0.717) is 37.5 Å². The number of hydrogen-bond acceptors (Lipinski definition) is 7. The predicted molar refractivity (Wildman–Crippen MR) is 135 cm³/mol. The molecule has 1 saturated heterocycles. The van der Waals surface area contributed by atoms with Crippen molar-refractivity contribution < 1.29 is 28.9 Å². The Morgan fingerprint density at radius 3 is 2.49 bits per heavy atom. The minimum absolute atomic E-state index is 0.0304. The van der Waals surface area contributed by atoms with E-state index >= 15 is 0 Å². The van der Waals surface area contributed by atoms with Crippen LogP contribution in [0.2, 0.25) is 0 Å². The first kappa shape index (κ1) is 25.3. The molecule has 1 saturated carbocycles. The van der Waals surface area contributed by atoms with E-state index in [2.05, 4.69) is 4.98 Å². The molecular weight excluding hydrogens is 474 g/mol. The monoisotopic (exact) mass is 509 g/mol. The summed E-state index contributed by atoms with van der Waals surface area (Å²) in [7, 11) is 0. The fourth-order valence-electron chi connectivity index (χ4n) is 5.52. The number of nitrogens with zero attached hydrogens (tertiary/aromatic N) is 3. The molecule has 1 aliphatic carbocycles. The first-order valence-corrected chi connectivity index (χ1v) is 12.8. The van der Waals surface area contributed by atoms with Crippen LogP contribution in [0.5, 0.6) is 5.75 Å². The van der Waals surface area contributed by atoms with E-state index in [-0.39, 0.29) is 24.2 Å². The van der Waals surface area contributed by atoms with Crippen LogP contribution >= 0.6 is 0 Å². The number of carbonyl (C=O) groups is 2. The summed E-state index contributed by atoms with van der Waals surface area (Å²) in [5, 5.41) is 11.3. The van der Waals surface area contributed by atoms with Crippen molar-refractivity contribution in [2.45, 2.75) is 71.0 Å². The maximum absolute atomic E-state index is 12.7. The minimum atomic E-state index is -1.61. The zero-order valence-corrected chi connectivity index (χ0v) is 21.9. The van der Waals surface area contributed by atoms with Gasteiger partial charge >= 0.3 is 12.2 Å². The third kappa shape index (κ3) is 5.09. The van der Waals surface area contributed by atoms with Crippen molar-refractivity contribution in [3.05, 3.63) is 59.4 Å². The van der Waals surface area contributed by atoms with E-state index in [9.17, 15) is 14.7 Å². The van der Waals surface area contributed by atoms with Crippen LogP contribution in [0.15, 0.2) is 42.6 Å². The van der Waals surface area contributed by atoms with Crippen LogP contribution in [0, 0.1) is 5.41 Å². The van der Waals surface area contributed by atoms with Gasteiger partial charge in [0.05, 0.1) is 5.69 Å². The second kappa shape index (κ2) is 9.20. The molecule has 37 heavy (non-hydrogen) atoms. The summed E-state index contributed by atoms with van der Waals surface area (Å²) < 4.78 is 17.3. The molecule has 1 spiro atoms. The average molecular weight is 510 g/mol. The number of aromatic nitrogens is 1. The van der Waals surface area contributed by atoms with Crippen LogP contribution in [0.1, 0.15) is 57.4 Å². The van der Waals surface area contributed by atoms with Gasteiger partial charge in [0.25, 0.3) is 0 Å². The van der Waals surface area contributed by atoms with Crippen molar-refractivity contribution in [2.24, 2.45) is 5.41 Å². The number of amides is 2. The van der Waals surface area contributed by atoms with Gasteiger partial charge in [-0.05, 0) is 58.6 Å². The molecular formula is C28H35N3O6. The molecule has 1 aromatic heterocycles. The third-order valence-electron chi connectivity index (χ3n) is 7.32. The number of hydrogen-bond donors (Lipinski definition) is 1. The van der Waals surface area contributed by atoms with E-state index < -0.39 is 17.4 Å². The first-order valence-electron chi connectivity index (χ1n) is 12.8. The Morgan fingerprint density at radius 2 is 1.81 bits per heavy atom. The molecule has 3 heterocycles. The summed E-state index contributed by atoms with van der Waals surface area (Å²) in [5.74, 6) is 0.687. The molecule has 1 N–H and O–H groups in total. The highest BCUT2D eigenvalue weighted by atomic mass is 16.6. The summed E-state index contributed by atoms with van der Waals surface area (Å²) in [6, 6.07) is 11.5. The van der Waals surface area contributed by atoms with E-state index in [1.165, 1.54) is 4.90 Å². The maximum Gasteiger partial charge on any atom is 0.412 e. The number of ether oxygens (including phenoxy) is 3. The standard InChI is InChI=1S/C28H35N3O6/c1-26(2,3)37-25(33)31-13-11-21-22(10-12-29-23(21)27(31,4)34)36-20-14-28(15-20)17-30(18-28)24(32)35-16-19-8-6-5-7-9-19/h5-10,12,20,34H,11,13-18H2,1-4H3. The molecule has 9 nitrogen and oxygen atoms in total. The number of likely N-dealkylation sites (tertiary alicyclic amines) is 1. The second-order valence-corrected chi connectivity index (χ2v) is 11.6. The highest BCUT2D eigenvalue weighted by Gasteiger charge is 2.55. The molecule has 2 aromatic rings. The fraction of sp³-hybridized carbons (Fsp3) is 0.536. The van der Waals surface area contributed by atoms with Crippen LogP contribution in [0.3, 0.4) is 0 Å². The lowest BCUT2D eigenvalue weighted by Crippen LogP contribution is -2.65. The molecule has 1 atom stereocenters. The van der Waals surface area contributed by atoms with Gasteiger partial charge in [0, 0.05) is 36.8 Å². The van der Waals surface area contributed by atoms with Gasteiger partial charge in [-0.2, -0.15) is 0 Å². The van der Waals surface area contributed by atoms with Crippen LogP contribution in [-0.2, 0) is 28.2 Å². The van der Waals surface area contributed by atoms with Crippen molar-refractivity contribution in [1.82, 2.24) is 14.8 Å². The molecule has 1 unspecified atom stereocenters. The van der Waals surface area contributed by atoms with Gasteiger partial charge in [-0.3, -0.25) is 9.88 Å². The number of carbonyl (C=O) groups excluding carboxylic acids is 2. The van der Waals surface area contributed by atoms with Crippen LogP contribution in [0.25, 0.3) is 0 Å². The lowest BCUT2D eigenvalue weighted by Gasteiger charge is -2.57. The third-order valence-corrected chi connectivity index (χ3v) is 7.32. The first-order chi connectivity index (χ1) is 17.5. The van der Waals surface area contributed by atoms with Crippen molar-refractivity contribution in [3.63, 3.8) is 0 Å². The molecule has 0 radical (unpaired) electrons. The Kier molecular flexibility index (Phi) is 6.30. The zero-order valence-electron chi connectivity index (χ0n) is 21.9. The van der Waals surface area contributed by atoms with Gasteiger partial charge in [0.1, 0.15) is 24.1 Å². The maximum atomic E-state index is 12.7. The van der Waals surface area contributed by atoms with Gasteiger partial charge in [-0.15, -0.1) is 0 Å². The van der Waals surface area contributed by atoms with Crippen LogP contribution in [0.4, 0.5) is 9.59 Å². The van der Waals surface area contributed by atoms with Gasteiger partial charge in [0.2, 0.25) is 0 Å². The van der Waals surface area contributed by atoms with E-state index in [1.54, 1.807) is 38.8 Å². The van der Waals surface area contributed by atoms with E-state index in [0.717, 1.165) is 24.0 Å². The molecule has 2 aliphatic heterocycles. The summed E-state index contributed by atoms with van der Waals surface area (Å²) in [5.41, 5.74) is 0.00630. The Balaban J connectivity index is 1.15. The second-order valence-electron chi connectivity index (χ2n) is 11.6. The Labute approximate surface area is 217 Å². The van der Waals surface area contributed by atoms with Gasteiger partial charge in [0.15, 0.2) is 5.72 Å². The van der Waals surface area contributed by atoms with E-state index in [1.807, 2.05) is 36.4 Å². The number of rotatable bonds is 4. The van der Waals surface area contributed by atoms with Crippen molar-refractivity contribution in [3.8, 4) is 5.75 Å². The Morgan fingerprint density at radius 1 is 1.11 bits per heavy atom. The topological polar surface area (TPSA) is 101 Å². The Hall–Kier alpha value is -3.33. The van der Waals surface area contributed by atoms with Crippen LogP contribution < -0.4 is 4.74 Å². The Bertz CT molecular complexity index is 1160. The number of benzene rings is 1. The molecule has 2 amide bonds. The van der Waals surface area contributed by atoms with Gasteiger partial charge in [-0.1, -0.05) is 30.3 Å². The summed E-state index contributed by atoms with van der Waals surface area (Å²) in [4.78, 5) is 32.5. The highest BCUT2D eigenvalue weighted by molar-refractivity contribution is 5.70. The summed E-state index contributed by atoms with van der Waals surface area (Å²) in [6.07, 6.45) is 2.99. The number of aliphatic hydroxyl groups is 1. The normalized spacial score (nSPS) is 22.5. The molecule has 1 aromatic carbocycles. The minimum Gasteiger partial charge on any atom is -0.490 e. The van der Waals surface area contributed by atoms with Gasteiger partial charge < -0.3 is 24.2 Å². The molecule has 3 aliphatic rings. The quantitative estimate of drug-likeness (QED) is 0.659. The smallest absolute Gasteiger partial charge is 0.412 e. The largest absolute Gasteiger partial charge is 0.490 e. The number of pyridine rings is 1. The summed E-state index contributed by atoms with van der Waals surface area (Å²) in [6.45, 7) is 8.86. The predicted octanol–water partition coefficient (Wildman–Crippen LogP) is 4.22. The number of fused-ring (bicyclic) bond motifs is 1. The van der Waals surface area contributed by atoms with Crippen molar-refractivity contribution in [2.75, 3.05) is 19.6 Å². The van der Waals surface area contributed by atoms with Gasteiger partial charge in [-0.25, -0.2) is 9.59 Å². The molecule has 2 fully saturated rings. The fourth-order valence-corrected chi connectivity index (χ4v) is 5.52. The van der Waals surface area contributed by atoms with Crippen LogP contribution in [-0.4, -0.2) is 63.4 Å². The van der Waals surface area contributed by atoms with E-state index in [4.69, 9.17) is 14.2 Å². The molecule has 0 bridgehead atoms. The lowest BCUT2D eigenvalue weighted by atomic mass is 9.62. The van der Waals surface area contributed by atoms with Crippen molar-refractivity contribution in [1.29, 1.82) is 0 Å². The summed E-state index contributed by atoms with van der Waals surface area (Å²) >= 11 is 0. The average Bonchev–Trinajstić information content (AvgIpc) is 2.77. The SMILES string of the molecule is CC(C)(C)OC(=O)N1CCc2c(OC3CC4(C3)CN(C(=O)OCc3ccccc3)C4)ccnc2C1(C)O. The van der Waals surface area contributed by atoms with Crippen molar-refractivity contribution >= 4 is 12.2 Å². The molecule has 5 rings (SSSR count). The highest BCUT2D eigenvalue weighted by Crippen LogP contribution is 2.50. The molecule has 198 valence electrons. The lowest BCUT2D eigenvalue weighted by molar-refractivity contribution is -0.115.